The van der Waals surface area contributed by atoms with Crippen LogP contribution in [-0.4, -0.2) is 87.8 Å². The van der Waals surface area contributed by atoms with Crippen molar-refractivity contribution in [1.29, 1.82) is 0 Å². The van der Waals surface area contributed by atoms with Crippen LogP contribution < -0.4 is 10.1 Å². The molecule has 2 N–H and O–H groups in total. The van der Waals surface area contributed by atoms with Crippen LogP contribution in [0.25, 0.3) is 0 Å². The zero-order valence-electron chi connectivity index (χ0n) is 20.9. The molecule has 0 unspecified atom stereocenters. The molecule has 1 aliphatic rings. The summed E-state index contributed by atoms with van der Waals surface area (Å²) in [5.74, 6) is 0.505. The maximum atomic E-state index is 13.0. The monoisotopic (exact) mass is 488 g/mol. The number of ether oxygens (including phenoxy) is 2. The van der Waals surface area contributed by atoms with E-state index in [1.807, 2.05) is 20.0 Å². The number of aliphatic hydroxyl groups excluding tert-OH is 1. The van der Waals surface area contributed by atoms with Crippen molar-refractivity contribution in [2.75, 3.05) is 39.2 Å². The number of likely N-dealkylation sites (N-methyl/N-ethyl adjacent to an activating group) is 1. The molecule has 11 nitrogen and oxygen atoms in total. The minimum Gasteiger partial charge on any atom is -0.497 e. The van der Waals surface area contributed by atoms with Crippen molar-refractivity contribution in [1.82, 2.24) is 24.8 Å². The Hall–Kier alpha value is -3.18. The van der Waals surface area contributed by atoms with E-state index in [4.69, 9.17) is 9.47 Å². The van der Waals surface area contributed by atoms with Gasteiger partial charge in [-0.15, -0.1) is 5.10 Å². The van der Waals surface area contributed by atoms with Crippen LogP contribution in [0.15, 0.2) is 30.5 Å². The summed E-state index contributed by atoms with van der Waals surface area (Å²) >= 11 is 0. The molecule has 0 spiro atoms. The number of aryl methyl sites for hydroxylation is 1. The second-order valence-electron chi connectivity index (χ2n) is 9.02. The van der Waals surface area contributed by atoms with Gasteiger partial charge in [0.25, 0.3) is 0 Å². The number of aliphatic hydroxyl groups is 1. The highest BCUT2D eigenvalue weighted by atomic mass is 16.5. The first kappa shape index (κ1) is 26.4. The number of methoxy groups -OCH3 is 1. The first-order chi connectivity index (χ1) is 16.8. The lowest BCUT2D eigenvalue weighted by Crippen LogP contribution is -2.48. The lowest BCUT2D eigenvalue weighted by molar-refractivity contribution is -0.136. The number of aromatic nitrogens is 3. The van der Waals surface area contributed by atoms with Crippen LogP contribution in [-0.2, 0) is 22.7 Å². The number of hydrogen-bond donors (Lipinski definition) is 2. The van der Waals surface area contributed by atoms with E-state index in [0.717, 1.165) is 0 Å². The molecule has 2 heterocycles. The van der Waals surface area contributed by atoms with Crippen molar-refractivity contribution >= 4 is 17.6 Å². The Bertz CT molecular complexity index is 983. The lowest BCUT2D eigenvalue weighted by atomic mass is 10.0. The summed E-state index contributed by atoms with van der Waals surface area (Å²) in [6, 6.07) is 6.53. The van der Waals surface area contributed by atoms with E-state index in [-0.39, 0.29) is 43.2 Å². The average molecular weight is 489 g/mol. The third-order valence-corrected chi connectivity index (χ3v) is 6.17. The van der Waals surface area contributed by atoms with Gasteiger partial charge in [-0.25, -0.2) is 4.79 Å². The van der Waals surface area contributed by atoms with Gasteiger partial charge in [0.05, 0.1) is 38.7 Å². The minimum atomic E-state index is -0.386. The molecule has 3 amide bonds. The molecule has 0 aliphatic carbocycles. The molecule has 1 aromatic carbocycles. The standard InChI is InChI=1S/C24H36N6O5/c1-17-12-30(18(2)15-31)23(32)9-6-10-29-13-20(26-27-29)16-35-22(17)14-28(3)24(33)25-19-7-5-8-21(11-19)34-4/h5,7-8,11,13,17-18,22,31H,6,9-10,12,14-16H2,1-4H3,(H,25,33)/t17-,18+,22-/m1/s1. The Labute approximate surface area is 206 Å². The number of benzene rings is 1. The predicted molar refractivity (Wildman–Crippen MR) is 130 cm³/mol. The van der Waals surface area contributed by atoms with Gasteiger partial charge in [-0.3, -0.25) is 9.48 Å². The molecule has 0 radical (unpaired) electrons. The van der Waals surface area contributed by atoms with Crippen LogP contribution in [0.4, 0.5) is 10.5 Å². The second-order valence-corrected chi connectivity index (χ2v) is 9.02. The fourth-order valence-corrected chi connectivity index (χ4v) is 3.97. The van der Waals surface area contributed by atoms with E-state index in [0.29, 0.717) is 49.6 Å². The average Bonchev–Trinajstić information content (AvgIpc) is 3.31. The Balaban J connectivity index is 1.75. The van der Waals surface area contributed by atoms with Gasteiger partial charge in [0.1, 0.15) is 11.4 Å². The number of nitrogens with one attached hydrogen (secondary N) is 1. The van der Waals surface area contributed by atoms with E-state index in [9.17, 15) is 14.7 Å². The lowest BCUT2D eigenvalue weighted by Gasteiger charge is -2.35. The maximum absolute atomic E-state index is 13.0. The molecular formula is C24H36N6O5. The van der Waals surface area contributed by atoms with Gasteiger partial charge in [-0.1, -0.05) is 18.2 Å². The van der Waals surface area contributed by atoms with E-state index in [1.165, 1.54) is 0 Å². The number of fused-ring (bicyclic) bond motifs is 2. The highest BCUT2D eigenvalue weighted by molar-refractivity contribution is 5.89. The van der Waals surface area contributed by atoms with Gasteiger partial charge in [0, 0.05) is 50.8 Å². The summed E-state index contributed by atoms with van der Waals surface area (Å²) in [7, 11) is 3.27. The summed E-state index contributed by atoms with van der Waals surface area (Å²) in [5.41, 5.74) is 1.31. The number of amides is 3. The molecule has 11 heteroatoms. The van der Waals surface area contributed by atoms with Crippen LogP contribution in [0.2, 0.25) is 0 Å². The summed E-state index contributed by atoms with van der Waals surface area (Å²) < 4.78 is 13.1. The van der Waals surface area contributed by atoms with E-state index < -0.39 is 0 Å². The molecule has 3 atom stereocenters. The molecule has 1 aromatic heterocycles. The largest absolute Gasteiger partial charge is 0.497 e. The summed E-state index contributed by atoms with van der Waals surface area (Å²) in [4.78, 5) is 29.1. The van der Waals surface area contributed by atoms with Crippen molar-refractivity contribution in [2.24, 2.45) is 5.92 Å². The quantitative estimate of drug-likeness (QED) is 0.637. The smallest absolute Gasteiger partial charge is 0.321 e. The Morgan fingerprint density at radius 2 is 2.23 bits per heavy atom. The third kappa shape index (κ3) is 7.40. The van der Waals surface area contributed by atoms with Crippen LogP contribution in [0.5, 0.6) is 5.75 Å². The van der Waals surface area contributed by atoms with Gasteiger partial charge < -0.3 is 29.7 Å². The number of urea groups is 1. The Kier molecular flexibility index (Phi) is 9.44. The zero-order valence-corrected chi connectivity index (χ0v) is 20.9. The highest BCUT2D eigenvalue weighted by Gasteiger charge is 2.28. The molecular weight excluding hydrogens is 452 g/mol. The molecule has 0 saturated carbocycles. The maximum Gasteiger partial charge on any atom is 0.321 e. The van der Waals surface area contributed by atoms with Crippen LogP contribution in [0.3, 0.4) is 0 Å². The summed E-state index contributed by atoms with van der Waals surface area (Å²) in [5, 5.41) is 20.9. The topological polar surface area (TPSA) is 122 Å². The number of carbonyl (C=O) groups excluding carboxylic acids is 2. The van der Waals surface area contributed by atoms with E-state index in [1.54, 1.807) is 52.9 Å². The predicted octanol–water partition coefficient (Wildman–Crippen LogP) is 1.98. The number of carbonyl (C=O) groups is 2. The first-order valence-electron chi connectivity index (χ1n) is 11.9. The van der Waals surface area contributed by atoms with Gasteiger partial charge in [0.2, 0.25) is 5.91 Å². The fraction of sp³-hybridized carbons (Fsp3) is 0.583. The van der Waals surface area contributed by atoms with Crippen LogP contribution in [0, 0.1) is 5.92 Å². The van der Waals surface area contributed by atoms with Crippen molar-refractivity contribution in [3.8, 4) is 5.75 Å². The SMILES string of the molecule is COc1cccc(NC(=O)N(C)C[C@H]2OCc3cn(nn3)CCCC(=O)N([C@@H](C)CO)C[C@H]2C)c1. The highest BCUT2D eigenvalue weighted by Crippen LogP contribution is 2.19. The molecule has 2 bridgehead atoms. The molecule has 1 aliphatic heterocycles. The Morgan fingerprint density at radius 3 is 2.97 bits per heavy atom. The van der Waals surface area contributed by atoms with Crippen molar-refractivity contribution in [3.05, 3.63) is 36.2 Å². The number of anilines is 1. The van der Waals surface area contributed by atoms with Gasteiger partial charge in [-0.05, 0) is 25.5 Å². The van der Waals surface area contributed by atoms with Crippen LogP contribution >= 0.6 is 0 Å². The normalized spacial score (nSPS) is 20.3. The molecule has 0 saturated heterocycles. The van der Waals surface area contributed by atoms with Gasteiger partial charge in [-0.2, -0.15) is 0 Å². The van der Waals surface area contributed by atoms with Crippen LogP contribution in [0.1, 0.15) is 32.4 Å². The molecule has 35 heavy (non-hydrogen) atoms. The summed E-state index contributed by atoms with van der Waals surface area (Å²) in [6.07, 6.45) is 2.41. The molecule has 192 valence electrons. The summed E-state index contributed by atoms with van der Waals surface area (Å²) in [6.45, 7) is 5.20. The van der Waals surface area contributed by atoms with Crippen molar-refractivity contribution in [3.63, 3.8) is 0 Å². The number of nitrogens with zero attached hydrogens (tertiary/aromatic N) is 5. The Morgan fingerprint density at radius 1 is 1.43 bits per heavy atom. The molecule has 2 aromatic rings. The fourth-order valence-electron chi connectivity index (χ4n) is 3.97. The van der Waals surface area contributed by atoms with Gasteiger partial charge in [0.15, 0.2) is 0 Å². The zero-order chi connectivity index (χ0) is 25.4. The van der Waals surface area contributed by atoms with E-state index >= 15 is 0 Å². The first-order valence-corrected chi connectivity index (χ1v) is 11.9. The number of hydrogen-bond acceptors (Lipinski definition) is 7. The van der Waals surface area contributed by atoms with Gasteiger partial charge >= 0.3 is 6.03 Å². The minimum absolute atomic E-state index is 0.0270. The molecule has 3 rings (SSSR count). The van der Waals surface area contributed by atoms with Crippen molar-refractivity contribution < 1.29 is 24.2 Å². The number of rotatable bonds is 6. The second kappa shape index (κ2) is 12.5. The van der Waals surface area contributed by atoms with Crippen molar-refractivity contribution in [2.45, 2.75) is 52.0 Å². The third-order valence-electron chi connectivity index (χ3n) is 6.17. The molecule has 0 fully saturated rings. The van der Waals surface area contributed by atoms with E-state index in [2.05, 4.69) is 15.6 Å².